The third kappa shape index (κ3) is 3.53. The Balaban J connectivity index is 1.88. The molecule has 0 spiro atoms. The minimum atomic E-state index is 0.814. The molecule has 0 amide bonds. The van der Waals surface area contributed by atoms with Gasteiger partial charge in [-0.05, 0) is 38.8 Å². The fraction of sp³-hybridized carbons (Fsp3) is 0.571. The second-order valence-electron chi connectivity index (χ2n) is 4.78. The molecule has 2 heteroatoms. The topological polar surface area (TPSA) is 12.0 Å². The molecular formula is C14H21NS. The largest absolute Gasteiger partial charge is 0.316 e. The summed E-state index contributed by atoms with van der Waals surface area (Å²) in [4.78, 5) is 0. The zero-order valence-electron chi connectivity index (χ0n) is 10.3. The van der Waals surface area contributed by atoms with Crippen molar-refractivity contribution in [3.8, 4) is 0 Å². The Morgan fingerprint density at radius 3 is 2.62 bits per heavy atom. The van der Waals surface area contributed by atoms with Crippen LogP contribution in [0.15, 0.2) is 18.2 Å². The zero-order valence-corrected chi connectivity index (χ0v) is 11.1. The normalized spacial score (nSPS) is 21.0. The van der Waals surface area contributed by atoms with Gasteiger partial charge in [0.05, 0.1) is 0 Å². The molecule has 16 heavy (non-hydrogen) atoms. The van der Waals surface area contributed by atoms with Crippen molar-refractivity contribution >= 4 is 11.8 Å². The highest BCUT2D eigenvalue weighted by molar-refractivity contribution is 7.99. The van der Waals surface area contributed by atoms with Gasteiger partial charge in [0.15, 0.2) is 0 Å². The number of piperidine rings is 1. The van der Waals surface area contributed by atoms with E-state index in [2.05, 4.69) is 49.1 Å². The minimum absolute atomic E-state index is 0.814. The molecule has 0 radical (unpaired) electrons. The summed E-state index contributed by atoms with van der Waals surface area (Å²) in [5.41, 5.74) is 4.25. The van der Waals surface area contributed by atoms with Crippen LogP contribution in [-0.4, -0.2) is 18.3 Å². The van der Waals surface area contributed by atoms with Crippen LogP contribution in [0.25, 0.3) is 0 Å². The molecule has 1 unspecified atom stereocenters. The van der Waals surface area contributed by atoms with Gasteiger partial charge in [-0.1, -0.05) is 29.3 Å². The Morgan fingerprint density at radius 1 is 1.25 bits per heavy atom. The Morgan fingerprint density at radius 2 is 2.00 bits per heavy atom. The van der Waals surface area contributed by atoms with Gasteiger partial charge in [0.25, 0.3) is 0 Å². The van der Waals surface area contributed by atoms with Crippen molar-refractivity contribution in [1.29, 1.82) is 0 Å². The van der Waals surface area contributed by atoms with Crippen molar-refractivity contribution in [1.82, 2.24) is 5.32 Å². The van der Waals surface area contributed by atoms with Crippen LogP contribution in [0.4, 0.5) is 0 Å². The van der Waals surface area contributed by atoms with Gasteiger partial charge in [-0.25, -0.2) is 0 Å². The SMILES string of the molecule is Cc1cc(C)cc(CSC2CCCNC2)c1. The van der Waals surface area contributed by atoms with Crippen LogP contribution in [-0.2, 0) is 5.75 Å². The molecule has 1 fully saturated rings. The van der Waals surface area contributed by atoms with E-state index in [1.54, 1.807) is 0 Å². The van der Waals surface area contributed by atoms with Gasteiger partial charge >= 0.3 is 0 Å². The predicted molar refractivity (Wildman–Crippen MR) is 73.1 cm³/mol. The van der Waals surface area contributed by atoms with Crippen molar-refractivity contribution in [3.63, 3.8) is 0 Å². The van der Waals surface area contributed by atoms with Gasteiger partial charge in [0.1, 0.15) is 0 Å². The molecule has 88 valence electrons. The van der Waals surface area contributed by atoms with E-state index in [0.29, 0.717) is 0 Å². The molecule has 0 aromatic heterocycles. The van der Waals surface area contributed by atoms with Crippen LogP contribution in [0.3, 0.4) is 0 Å². The summed E-state index contributed by atoms with van der Waals surface area (Å²) < 4.78 is 0. The van der Waals surface area contributed by atoms with E-state index in [1.165, 1.54) is 42.6 Å². The lowest BCUT2D eigenvalue weighted by Gasteiger charge is -2.22. The molecule has 1 nitrogen and oxygen atoms in total. The van der Waals surface area contributed by atoms with Crippen molar-refractivity contribution < 1.29 is 0 Å². The van der Waals surface area contributed by atoms with E-state index in [0.717, 1.165) is 11.0 Å². The summed E-state index contributed by atoms with van der Waals surface area (Å²) in [7, 11) is 0. The molecule has 1 saturated heterocycles. The molecule has 1 heterocycles. The quantitative estimate of drug-likeness (QED) is 0.863. The zero-order chi connectivity index (χ0) is 11.4. The van der Waals surface area contributed by atoms with E-state index in [9.17, 15) is 0 Å². The lowest BCUT2D eigenvalue weighted by Crippen LogP contribution is -2.31. The minimum Gasteiger partial charge on any atom is -0.316 e. The maximum atomic E-state index is 3.47. The van der Waals surface area contributed by atoms with Crippen LogP contribution >= 0.6 is 11.8 Å². The van der Waals surface area contributed by atoms with Gasteiger partial charge in [-0.15, -0.1) is 0 Å². The number of hydrogen-bond donors (Lipinski definition) is 1. The van der Waals surface area contributed by atoms with Crippen molar-refractivity contribution in [2.45, 2.75) is 37.7 Å². The molecule has 0 saturated carbocycles. The molecule has 1 aromatic rings. The fourth-order valence-electron chi connectivity index (χ4n) is 2.33. The molecule has 1 aliphatic rings. The fourth-order valence-corrected chi connectivity index (χ4v) is 3.49. The Hall–Kier alpha value is -0.470. The maximum Gasteiger partial charge on any atom is 0.0188 e. The Kier molecular flexibility index (Phi) is 4.30. The van der Waals surface area contributed by atoms with E-state index in [4.69, 9.17) is 0 Å². The summed E-state index contributed by atoms with van der Waals surface area (Å²) in [6.07, 6.45) is 2.72. The first-order valence-corrected chi connectivity index (χ1v) is 7.18. The highest BCUT2D eigenvalue weighted by atomic mass is 32.2. The van der Waals surface area contributed by atoms with Gasteiger partial charge in [-0.2, -0.15) is 11.8 Å². The van der Waals surface area contributed by atoms with Crippen molar-refractivity contribution in [3.05, 3.63) is 34.9 Å². The second kappa shape index (κ2) is 5.74. The summed E-state index contributed by atoms with van der Waals surface area (Å²) in [6.45, 7) is 6.77. The molecule has 1 aliphatic heterocycles. The Labute approximate surface area is 103 Å². The standard InChI is InChI=1S/C14H21NS/c1-11-6-12(2)8-13(7-11)10-16-14-4-3-5-15-9-14/h6-8,14-15H,3-5,9-10H2,1-2H3. The van der Waals surface area contributed by atoms with Gasteiger partial charge < -0.3 is 5.32 Å². The van der Waals surface area contributed by atoms with E-state index in [1.807, 2.05) is 0 Å². The number of hydrogen-bond acceptors (Lipinski definition) is 2. The lowest BCUT2D eigenvalue weighted by atomic mass is 10.1. The van der Waals surface area contributed by atoms with Crippen LogP contribution in [0.5, 0.6) is 0 Å². The monoisotopic (exact) mass is 235 g/mol. The summed E-state index contributed by atoms with van der Waals surface area (Å²) >= 11 is 2.11. The van der Waals surface area contributed by atoms with E-state index < -0.39 is 0 Å². The average molecular weight is 235 g/mol. The summed E-state index contributed by atoms with van der Waals surface area (Å²) in [5.74, 6) is 1.16. The average Bonchev–Trinajstić information content (AvgIpc) is 2.27. The molecule has 1 atom stereocenters. The number of nitrogens with one attached hydrogen (secondary N) is 1. The second-order valence-corrected chi connectivity index (χ2v) is 6.06. The summed E-state index contributed by atoms with van der Waals surface area (Å²) in [6, 6.07) is 6.88. The molecular weight excluding hydrogens is 214 g/mol. The van der Waals surface area contributed by atoms with Crippen molar-refractivity contribution in [2.75, 3.05) is 13.1 Å². The first-order chi connectivity index (χ1) is 7.74. The predicted octanol–water partition coefficient (Wildman–Crippen LogP) is 3.29. The van der Waals surface area contributed by atoms with Gasteiger partial charge in [0.2, 0.25) is 0 Å². The molecule has 1 aromatic carbocycles. The van der Waals surface area contributed by atoms with Crippen LogP contribution in [0.2, 0.25) is 0 Å². The number of rotatable bonds is 3. The Bertz CT molecular complexity index is 322. The molecule has 0 aliphatic carbocycles. The van der Waals surface area contributed by atoms with Gasteiger partial charge in [0, 0.05) is 17.5 Å². The maximum absolute atomic E-state index is 3.47. The third-order valence-electron chi connectivity index (χ3n) is 3.02. The first-order valence-electron chi connectivity index (χ1n) is 6.13. The highest BCUT2D eigenvalue weighted by Crippen LogP contribution is 2.23. The van der Waals surface area contributed by atoms with E-state index >= 15 is 0 Å². The smallest absolute Gasteiger partial charge is 0.0188 e. The van der Waals surface area contributed by atoms with E-state index in [-0.39, 0.29) is 0 Å². The molecule has 1 N–H and O–H groups in total. The molecule has 0 bridgehead atoms. The third-order valence-corrected chi connectivity index (χ3v) is 4.39. The van der Waals surface area contributed by atoms with Crippen molar-refractivity contribution in [2.24, 2.45) is 0 Å². The molecule has 2 rings (SSSR count). The highest BCUT2D eigenvalue weighted by Gasteiger charge is 2.13. The first kappa shape index (κ1) is 12.0. The number of thioether (sulfide) groups is 1. The van der Waals surface area contributed by atoms with Gasteiger partial charge in [-0.3, -0.25) is 0 Å². The van der Waals surface area contributed by atoms with Crippen LogP contribution in [0, 0.1) is 13.8 Å². The number of benzene rings is 1. The lowest BCUT2D eigenvalue weighted by molar-refractivity contribution is 0.531. The van der Waals surface area contributed by atoms with Crippen LogP contribution < -0.4 is 5.32 Å². The number of aryl methyl sites for hydroxylation is 2. The summed E-state index contributed by atoms with van der Waals surface area (Å²) in [5, 5.41) is 4.29. The van der Waals surface area contributed by atoms with Crippen LogP contribution in [0.1, 0.15) is 29.5 Å².